The number of aryl methyl sites for hydroxylation is 1. The van der Waals surface area contributed by atoms with E-state index in [1.54, 1.807) is 0 Å². The van der Waals surface area contributed by atoms with E-state index in [2.05, 4.69) is 22.3 Å². The molecule has 0 aliphatic rings. The summed E-state index contributed by atoms with van der Waals surface area (Å²) >= 11 is 1.51. The van der Waals surface area contributed by atoms with Gasteiger partial charge in [0.15, 0.2) is 0 Å². The highest BCUT2D eigenvalue weighted by molar-refractivity contribution is 7.99. The second-order valence-electron chi connectivity index (χ2n) is 3.56. The largest absolute Gasteiger partial charge is 0.346 e. The zero-order chi connectivity index (χ0) is 12.0. The minimum absolute atomic E-state index is 0.0334. The van der Waals surface area contributed by atoms with Crippen LogP contribution in [0.25, 0.3) is 0 Å². The molecule has 6 heteroatoms. The minimum atomic E-state index is -0.0892. The van der Waals surface area contributed by atoms with Crippen molar-refractivity contribution in [2.24, 2.45) is 0 Å². The molecule has 5 nitrogen and oxygen atoms in total. The Hall–Kier alpha value is -1.04. The van der Waals surface area contributed by atoms with Crippen molar-refractivity contribution in [3.05, 3.63) is 12.2 Å². The number of hydrogen-bond acceptors (Lipinski definition) is 4. The number of amides is 1. The number of hydrogen-bond donors (Lipinski definition) is 1. The molecule has 0 aromatic carbocycles. The third kappa shape index (κ3) is 3.52. The molecule has 1 amide bonds. The topological polar surface area (TPSA) is 59.8 Å². The van der Waals surface area contributed by atoms with Crippen LogP contribution in [0.3, 0.4) is 0 Å². The highest BCUT2D eigenvalue weighted by Crippen LogP contribution is 2.09. The molecule has 0 radical (unpaired) electrons. The summed E-state index contributed by atoms with van der Waals surface area (Å²) in [6, 6.07) is -0.0892. The second-order valence-corrected chi connectivity index (χ2v) is 4.43. The summed E-state index contributed by atoms with van der Waals surface area (Å²) in [7, 11) is 0. The Morgan fingerprint density at radius 1 is 1.69 bits per heavy atom. The van der Waals surface area contributed by atoms with Crippen molar-refractivity contribution in [1.82, 2.24) is 20.1 Å². The van der Waals surface area contributed by atoms with Gasteiger partial charge in [0, 0.05) is 6.54 Å². The summed E-state index contributed by atoms with van der Waals surface area (Å²) in [5, 5.41) is 7.03. The molecular weight excluding hydrogens is 224 g/mol. The van der Waals surface area contributed by atoms with E-state index < -0.39 is 0 Å². The average Bonchev–Trinajstić information content (AvgIpc) is 2.66. The predicted molar refractivity (Wildman–Crippen MR) is 65.3 cm³/mol. The smallest absolute Gasteiger partial charge is 0.230 e. The fraction of sp³-hybridized carbons (Fsp3) is 0.700. The minimum Gasteiger partial charge on any atom is -0.346 e. The number of nitrogens with one attached hydrogen (secondary N) is 1. The van der Waals surface area contributed by atoms with Gasteiger partial charge < -0.3 is 5.32 Å². The third-order valence-electron chi connectivity index (χ3n) is 2.12. The van der Waals surface area contributed by atoms with Crippen molar-refractivity contribution in [3.63, 3.8) is 0 Å². The molecule has 1 N–H and O–H groups in total. The van der Waals surface area contributed by atoms with Gasteiger partial charge in [-0.05, 0) is 19.6 Å². The first-order chi connectivity index (χ1) is 7.69. The van der Waals surface area contributed by atoms with Crippen LogP contribution in [0.4, 0.5) is 0 Å². The van der Waals surface area contributed by atoms with E-state index in [0.29, 0.717) is 5.75 Å². The van der Waals surface area contributed by atoms with Crippen LogP contribution >= 0.6 is 11.8 Å². The molecule has 0 spiro atoms. The Labute approximate surface area is 100 Å². The highest BCUT2D eigenvalue weighted by Gasteiger charge is 2.14. The van der Waals surface area contributed by atoms with Crippen LogP contribution in [0, 0.1) is 0 Å². The SMILES string of the molecule is CCCn1ncnc1[C@H](C)NC(=O)CSC. The predicted octanol–water partition coefficient (Wildman–Crippen LogP) is 1.23. The van der Waals surface area contributed by atoms with Crippen molar-refractivity contribution < 1.29 is 4.79 Å². The molecule has 1 aromatic heterocycles. The number of thioether (sulfide) groups is 1. The molecular formula is C10H18N4OS. The number of carbonyl (C=O) groups excluding carboxylic acids is 1. The lowest BCUT2D eigenvalue weighted by molar-refractivity contribution is -0.119. The zero-order valence-corrected chi connectivity index (χ0v) is 10.8. The van der Waals surface area contributed by atoms with Crippen molar-refractivity contribution in [1.29, 1.82) is 0 Å². The molecule has 0 saturated carbocycles. The summed E-state index contributed by atoms with van der Waals surface area (Å²) in [4.78, 5) is 15.6. The van der Waals surface area contributed by atoms with Crippen LogP contribution in [0.2, 0.25) is 0 Å². The second kappa shape index (κ2) is 6.52. The summed E-state index contributed by atoms with van der Waals surface area (Å²) in [5.74, 6) is 1.33. The van der Waals surface area contributed by atoms with Gasteiger partial charge in [0.25, 0.3) is 0 Å². The molecule has 1 heterocycles. The molecule has 90 valence electrons. The summed E-state index contributed by atoms with van der Waals surface area (Å²) in [6.07, 6.45) is 4.44. The van der Waals surface area contributed by atoms with Crippen LogP contribution in [-0.4, -0.2) is 32.7 Å². The van der Waals surface area contributed by atoms with E-state index >= 15 is 0 Å². The van der Waals surface area contributed by atoms with Crippen LogP contribution in [0.1, 0.15) is 32.1 Å². The fourth-order valence-electron chi connectivity index (χ4n) is 1.47. The van der Waals surface area contributed by atoms with E-state index in [0.717, 1.165) is 18.8 Å². The highest BCUT2D eigenvalue weighted by atomic mass is 32.2. The molecule has 1 rings (SSSR count). The van der Waals surface area contributed by atoms with Crippen LogP contribution in [0.15, 0.2) is 6.33 Å². The lowest BCUT2D eigenvalue weighted by Gasteiger charge is -2.13. The molecule has 0 unspecified atom stereocenters. The molecule has 1 atom stereocenters. The van der Waals surface area contributed by atoms with Gasteiger partial charge in [-0.25, -0.2) is 9.67 Å². The van der Waals surface area contributed by atoms with Gasteiger partial charge in [0.2, 0.25) is 5.91 Å². The van der Waals surface area contributed by atoms with Crippen molar-refractivity contribution in [3.8, 4) is 0 Å². The molecule has 0 aliphatic carbocycles. The molecule has 16 heavy (non-hydrogen) atoms. The van der Waals surface area contributed by atoms with Crippen molar-refractivity contribution >= 4 is 17.7 Å². The van der Waals surface area contributed by atoms with E-state index in [1.807, 2.05) is 17.9 Å². The van der Waals surface area contributed by atoms with E-state index in [-0.39, 0.29) is 11.9 Å². The lowest BCUT2D eigenvalue weighted by Crippen LogP contribution is -2.30. The van der Waals surface area contributed by atoms with E-state index in [1.165, 1.54) is 18.1 Å². The lowest BCUT2D eigenvalue weighted by atomic mass is 10.3. The van der Waals surface area contributed by atoms with Crippen LogP contribution in [0.5, 0.6) is 0 Å². The van der Waals surface area contributed by atoms with Gasteiger partial charge in [-0.2, -0.15) is 16.9 Å². The van der Waals surface area contributed by atoms with Crippen molar-refractivity contribution in [2.45, 2.75) is 32.9 Å². The Morgan fingerprint density at radius 2 is 2.44 bits per heavy atom. The molecule has 0 aliphatic heterocycles. The number of rotatable bonds is 6. The Bertz CT molecular complexity index is 339. The maximum Gasteiger partial charge on any atom is 0.230 e. The zero-order valence-electron chi connectivity index (χ0n) is 9.93. The molecule has 0 bridgehead atoms. The Kier molecular flexibility index (Phi) is 5.31. The summed E-state index contributed by atoms with van der Waals surface area (Å²) < 4.78 is 1.84. The first kappa shape index (κ1) is 13.0. The fourth-order valence-corrected chi connectivity index (χ4v) is 1.82. The normalized spacial score (nSPS) is 12.4. The van der Waals surface area contributed by atoms with Crippen LogP contribution in [-0.2, 0) is 11.3 Å². The van der Waals surface area contributed by atoms with Gasteiger partial charge >= 0.3 is 0 Å². The monoisotopic (exact) mass is 242 g/mol. The van der Waals surface area contributed by atoms with Crippen molar-refractivity contribution in [2.75, 3.05) is 12.0 Å². The number of carbonyl (C=O) groups is 1. The maximum absolute atomic E-state index is 11.4. The maximum atomic E-state index is 11.4. The van der Waals surface area contributed by atoms with Gasteiger partial charge in [-0.1, -0.05) is 6.92 Å². The number of aromatic nitrogens is 3. The number of nitrogens with zero attached hydrogens (tertiary/aromatic N) is 3. The van der Waals surface area contributed by atoms with Crippen LogP contribution < -0.4 is 5.32 Å². The van der Waals surface area contributed by atoms with Gasteiger partial charge in [0.1, 0.15) is 12.2 Å². The third-order valence-corrected chi connectivity index (χ3v) is 2.67. The van der Waals surface area contributed by atoms with E-state index in [4.69, 9.17) is 0 Å². The van der Waals surface area contributed by atoms with Gasteiger partial charge in [-0.3, -0.25) is 4.79 Å². The van der Waals surface area contributed by atoms with Gasteiger partial charge in [0.05, 0.1) is 11.8 Å². The molecule has 0 saturated heterocycles. The van der Waals surface area contributed by atoms with Gasteiger partial charge in [-0.15, -0.1) is 0 Å². The summed E-state index contributed by atoms with van der Waals surface area (Å²) in [5.41, 5.74) is 0. The molecule has 0 fully saturated rings. The first-order valence-corrected chi connectivity index (χ1v) is 6.74. The Morgan fingerprint density at radius 3 is 3.06 bits per heavy atom. The molecule has 1 aromatic rings. The van der Waals surface area contributed by atoms with E-state index in [9.17, 15) is 4.79 Å². The standard InChI is InChI=1S/C10H18N4OS/c1-4-5-14-10(11-7-12-14)8(2)13-9(15)6-16-3/h7-8H,4-6H2,1-3H3,(H,13,15)/t8-/m0/s1. The Balaban J connectivity index is 2.61. The quantitative estimate of drug-likeness (QED) is 0.815. The summed E-state index contributed by atoms with van der Waals surface area (Å²) in [6.45, 7) is 4.84. The first-order valence-electron chi connectivity index (χ1n) is 5.35. The average molecular weight is 242 g/mol.